The Morgan fingerprint density at radius 3 is 2.60 bits per heavy atom. The molecular formula is C23H17FN2O3S. The first-order valence-corrected chi connectivity index (χ1v) is 10.0. The molecule has 0 fully saturated rings. The molecule has 0 aliphatic rings. The number of thiophene rings is 1. The maximum absolute atomic E-state index is 13.0. The summed E-state index contributed by atoms with van der Waals surface area (Å²) in [5.74, 6) is -0.273. The number of hydrogen-bond donors (Lipinski definition) is 2. The van der Waals surface area contributed by atoms with E-state index in [-0.39, 0.29) is 18.0 Å². The molecule has 0 aliphatic carbocycles. The molecule has 2 N–H and O–H groups in total. The zero-order chi connectivity index (χ0) is 20.9. The Kier molecular flexibility index (Phi) is 5.72. The van der Waals surface area contributed by atoms with E-state index < -0.39 is 11.5 Å². The Morgan fingerprint density at radius 2 is 1.87 bits per heavy atom. The van der Waals surface area contributed by atoms with Gasteiger partial charge >= 0.3 is 0 Å². The van der Waals surface area contributed by atoms with Crippen molar-refractivity contribution in [3.8, 4) is 16.3 Å². The fourth-order valence-corrected chi connectivity index (χ4v) is 3.54. The minimum Gasteiger partial charge on any atom is -0.489 e. The van der Waals surface area contributed by atoms with Gasteiger partial charge in [0.2, 0.25) is 0 Å². The van der Waals surface area contributed by atoms with Crippen LogP contribution in [0.25, 0.3) is 10.6 Å². The highest BCUT2D eigenvalue weighted by molar-refractivity contribution is 7.13. The largest absolute Gasteiger partial charge is 0.489 e. The number of pyridine rings is 1. The fourth-order valence-electron chi connectivity index (χ4n) is 2.84. The van der Waals surface area contributed by atoms with Gasteiger partial charge in [0.25, 0.3) is 11.5 Å². The molecule has 150 valence electrons. The van der Waals surface area contributed by atoms with E-state index in [4.69, 9.17) is 4.74 Å². The van der Waals surface area contributed by atoms with E-state index in [2.05, 4.69) is 10.3 Å². The predicted molar refractivity (Wildman–Crippen MR) is 116 cm³/mol. The molecule has 7 heteroatoms. The van der Waals surface area contributed by atoms with Gasteiger partial charge in [0.1, 0.15) is 23.7 Å². The van der Waals surface area contributed by atoms with Gasteiger partial charge < -0.3 is 15.0 Å². The molecule has 0 aliphatic heterocycles. The van der Waals surface area contributed by atoms with Gasteiger partial charge in [-0.2, -0.15) is 0 Å². The SMILES string of the molecule is O=C(Nc1cccc(OCc2ccc(F)cc2)c1)c1ccc(-c2cccs2)[nH]c1=O. The van der Waals surface area contributed by atoms with Crippen molar-refractivity contribution in [2.75, 3.05) is 5.32 Å². The standard InChI is InChI=1S/C23H17FN2O3S/c24-16-8-6-15(7-9-16)14-29-18-4-1-3-17(13-18)25-22(27)19-10-11-20(26-23(19)28)21-5-2-12-30-21/h1-13H,14H2,(H,25,27)(H,26,28). The minimum atomic E-state index is -0.510. The van der Waals surface area contributed by atoms with Gasteiger partial charge in [-0.3, -0.25) is 9.59 Å². The number of carbonyl (C=O) groups excluding carboxylic acids is 1. The van der Waals surface area contributed by atoms with Crippen molar-refractivity contribution in [1.82, 2.24) is 4.98 Å². The molecule has 2 aromatic heterocycles. The third-order valence-corrected chi connectivity index (χ3v) is 5.25. The van der Waals surface area contributed by atoms with Crippen molar-refractivity contribution in [2.24, 2.45) is 0 Å². The minimum absolute atomic E-state index is 0.0212. The van der Waals surface area contributed by atoms with Crippen LogP contribution < -0.4 is 15.6 Å². The Balaban J connectivity index is 1.44. The number of rotatable bonds is 6. The Morgan fingerprint density at radius 1 is 1.03 bits per heavy atom. The second kappa shape index (κ2) is 8.75. The van der Waals surface area contributed by atoms with Crippen LogP contribution in [0.5, 0.6) is 5.75 Å². The number of H-pyrrole nitrogens is 1. The van der Waals surface area contributed by atoms with Crippen molar-refractivity contribution < 1.29 is 13.9 Å². The van der Waals surface area contributed by atoms with Crippen molar-refractivity contribution in [2.45, 2.75) is 6.61 Å². The van der Waals surface area contributed by atoms with E-state index in [1.165, 1.54) is 29.5 Å². The zero-order valence-corrected chi connectivity index (χ0v) is 16.5. The summed E-state index contributed by atoms with van der Waals surface area (Å²) < 4.78 is 18.7. The molecule has 0 radical (unpaired) electrons. The molecule has 0 saturated carbocycles. The lowest BCUT2D eigenvalue weighted by Crippen LogP contribution is -2.23. The normalized spacial score (nSPS) is 10.6. The Hall–Kier alpha value is -3.71. The van der Waals surface area contributed by atoms with Crippen molar-refractivity contribution in [3.63, 3.8) is 0 Å². The van der Waals surface area contributed by atoms with Crippen LogP contribution in [0.1, 0.15) is 15.9 Å². The van der Waals surface area contributed by atoms with E-state index >= 15 is 0 Å². The second-order valence-corrected chi connectivity index (χ2v) is 7.44. The van der Waals surface area contributed by atoms with E-state index in [0.29, 0.717) is 17.1 Å². The Labute approximate surface area is 175 Å². The third kappa shape index (κ3) is 4.64. The van der Waals surface area contributed by atoms with Crippen molar-refractivity contribution in [1.29, 1.82) is 0 Å². The fraction of sp³-hybridized carbons (Fsp3) is 0.0435. The number of benzene rings is 2. The summed E-state index contributed by atoms with van der Waals surface area (Å²) in [6, 6.07) is 19.9. The topological polar surface area (TPSA) is 71.2 Å². The average molecular weight is 420 g/mol. The predicted octanol–water partition coefficient (Wildman–Crippen LogP) is 5.07. The van der Waals surface area contributed by atoms with Gasteiger partial charge in [-0.25, -0.2) is 4.39 Å². The zero-order valence-electron chi connectivity index (χ0n) is 15.7. The summed E-state index contributed by atoms with van der Waals surface area (Å²) in [6.07, 6.45) is 0. The molecule has 2 heterocycles. The lowest BCUT2D eigenvalue weighted by Gasteiger charge is -2.09. The lowest BCUT2D eigenvalue weighted by atomic mass is 10.2. The monoisotopic (exact) mass is 420 g/mol. The van der Waals surface area contributed by atoms with Crippen molar-refractivity contribution >= 4 is 22.9 Å². The number of aromatic nitrogens is 1. The summed E-state index contributed by atoms with van der Waals surface area (Å²) in [5, 5.41) is 4.63. The molecule has 4 rings (SSSR count). The highest BCUT2D eigenvalue weighted by atomic mass is 32.1. The maximum atomic E-state index is 13.0. The van der Waals surface area contributed by atoms with Crippen molar-refractivity contribution in [3.05, 3.63) is 105 Å². The highest BCUT2D eigenvalue weighted by Gasteiger charge is 2.12. The molecule has 0 atom stereocenters. The molecule has 0 bridgehead atoms. The first-order valence-electron chi connectivity index (χ1n) is 9.14. The quantitative estimate of drug-likeness (QED) is 0.457. The van der Waals surface area contributed by atoms with Crippen LogP contribution in [-0.2, 0) is 6.61 Å². The molecule has 2 aromatic carbocycles. The smallest absolute Gasteiger partial charge is 0.261 e. The second-order valence-electron chi connectivity index (χ2n) is 6.49. The first kappa shape index (κ1) is 19.6. The van der Waals surface area contributed by atoms with Crippen LogP contribution in [0.2, 0.25) is 0 Å². The molecular weight excluding hydrogens is 403 g/mol. The van der Waals surface area contributed by atoms with Gasteiger partial charge in [0, 0.05) is 11.8 Å². The number of nitrogens with one attached hydrogen (secondary N) is 2. The van der Waals surface area contributed by atoms with Crippen LogP contribution in [0.15, 0.2) is 83.0 Å². The third-order valence-electron chi connectivity index (χ3n) is 4.35. The molecule has 30 heavy (non-hydrogen) atoms. The molecule has 1 amide bonds. The van der Waals surface area contributed by atoms with Crippen LogP contribution in [0, 0.1) is 5.82 Å². The summed E-state index contributed by atoms with van der Waals surface area (Å²) in [6.45, 7) is 0.265. The summed E-state index contributed by atoms with van der Waals surface area (Å²) in [7, 11) is 0. The van der Waals surface area contributed by atoms with Gasteiger partial charge in [-0.15, -0.1) is 11.3 Å². The number of ether oxygens (including phenoxy) is 1. The van der Waals surface area contributed by atoms with Gasteiger partial charge in [0.05, 0.1) is 10.6 Å². The van der Waals surface area contributed by atoms with Crippen LogP contribution in [-0.4, -0.2) is 10.9 Å². The number of amides is 1. The maximum Gasteiger partial charge on any atom is 0.261 e. The van der Waals surface area contributed by atoms with Gasteiger partial charge in [0.15, 0.2) is 0 Å². The van der Waals surface area contributed by atoms with Crippen LogP contribution in [0.4, 0.5) is 10.1 Å². The number of anilines is 1. The van der Waals surface area contributed by atoms with Gasteiger partial charge in [-0.1, -0.05) is 24.3 Å². The number of carbonyl (C=O) groups is 1. The van der Waals surface area contributed by atoms with E-state index in [1.54, 1.807) is 42.5 Å². The lowest BCUT2D eigenvalue weighted by molar-refractivity contribution is 0.102. The number of hydrogen-bond acceptors (Lipinski definition) is 4. The van der Waals surface area contributed by atoms with E-state index in [0.717, 1.165) is 10.4 Å². The Bertz CT molecular complexity index is 1220. The van der Waals surface area contributed by atoms with Crippen LogP contribution >= 0.6 is 11.3 Å². The number of aromatic amines is 1. The van der Waals surface area contributed by atoms with Gasteiger partial charge in [-0.05, 0) is 53.4 Å². The molecule has 4 aromatic rings. The first-order chi connectivity index (χ1) is 14.6. The molecule has 0 unspecified atom stereocenters. The number of halogens is 1. The summed E-state index contributed by atoms with van der Waals surface area (Å²) in [5.41, 5.74) is 1.55. The summed E-state index contributed by atoms with van der Waals surface area (Å²) >= 11 is 1.50. The molecule has 5 nitrogen and oxygen atoms in total. The molecule has 0 saturated heterocycles. The summed E-state index contributed by atoms with van der Waals surface area (Å²) in [4.78, 5) is 28.6. The molecule has 0 spiro atoms. The average Bonchev–Trinajstić information content (AvgIpc) is 3.28. The van der Waals surface area contributed by atoms with Crippen LogP contribution in [0.3, 0.4) is 0 Å². The van der Waals surface area contributed by atoms with E-state index in [9.17, 15) is 14.0 Å². The van der Waals surface area contributed by atoms with E-state index in [1.807, 2.05) is 17.5 Å². The highest BCUT2D eigenvalue weighted by Crippen LogP contribution is 2.22.